The van der Waals surface area contributed by atoms with Crippen LogP contribution in [0, 0.1) is 0 Å². The number of rotatable bonds is 32. The molecular weight excluding hydrogens is 540 g/mol. The standard InChI is InChI=1S/C40H76N2O2/c1-5-9-13-17-21-25-29-41(30-26-22-18-14-10-6-2)35-37-33-38(40(44)34-39(37)43)36-42(31-27-23-19-15-11-7-3)32-28-24-20-16-12-8-4/h33-34,43-44H,5-32,35-36H2,1-4H3. The third-order valence-electron chi connectivity index (χ3n) is 9.38. The van der Waals surface area contributed by atoms with Crippen LogP contribution in [0.3, 0.4) is 0 Å². The van der Waals surface area contributed by atoms with Gasteiger partial charge in [0.15, 0.2) is 0 Å². The number of hydrogen-bond acceptors (Lipinski definition) is 4. The number of phenolic OH excluding ortho intramolecular Hbond substituents is 2. The van der Waals surface area contributed by atoms with Gasteiger partial charge in [0, 0.05) is 30.3 Å². The number of hydrogen-bond donors (Lipinski definition) is 2. The van der Waals surface area contributed by atoms with Crippen LogP contribution in [0.25, 0.3) is 0 Å². The Morgan fingerprint density at radius 3 is 0.886 bits per heavy atom. The predicted molar refractivity (Wildman–Crippen MR) is 194 cm³/mol. The van der Waals surface area contributed by atoms with Gasteiger partial charge < -0.3 is 10.2 Å². The van der Waals surface area contributed by atoms with Gasteiger partial charge in [-0.25, -0.2) is 0 Å². The van der Waals surface area contributed by atoms with Gasteiger partial charge in [-0.15, -0.1) is 0 Å². The van der Waals surface area contributed by atoms with E-state index in [1.165, 1.54) is 154 Å². The Morgan fingerprint density at radius 2 is 0.614 bits per heavy atom. The average Bonchev–Trinajstić information content (AvgIpc) is 3.01. The molecule has 0 saturated heterocycles. The summed E-state index contributed by atoms with van der Waals surface area (Å²) in [5, 5.41) is 21.8. The number of nitrogens with zero attached hydrogens (tertiary/aromatic N) is 2. The number of aromatic hydroxyl groups is 2. The number of unbranched alkanes of at least 4 members (excludes halogenated alkanes) is 20. The first-order valence-corrected chi connectivity index (χ1v) is 19.5. The molecule has 0 amide bonds. The molecule has 4 heteroatoms. The predicted octanol–water partition coefficient (Wildman–Crippen LogP) is 12.1. The molecule has 1 aromatic carbocycles. The zero-order chi connectivity index (χ0) is 32.1. The van der Waals surface area contributed by atoms with Crippen molar-refractivity contribution < 1.29 is 10.2 Å². The molecule has 0 fully saturated rings. The van der Waals surface area contributed by atoms with Crippen LogP contribution in [0.5, 0.6) is 11.5 Å². The topological polar surface area (TPSA) is 46.9 Å². The quantitative estimate of drug-likeness (QED) is 0.0791. The molecule has 44 heavy (non-hydrogen) atoms. The van der Waals surface area contributed by atoms with Crippen molar-refractivity contribution in [3.05, 3.63) is 23.3 Å². The van der Waals surface area contributed by atoms with E-state index < -0.39 is 0 Å². The zero-order valence-corrected chi connectivity index (χ0v) is 30.2. The van der Waals surface area contributed by atoms with Crippen LogP contribution >= 0.6 is 0 Å². The van der Waals surface area contributed by atoms with Crippen LogP contribution in [0.2, 0.25) is 0 Å². The highest BCUT2D eigenvalue weighted by Gasteiger charge is 2.16. The molecule has 0 unspecified atom stereocenters. The van der Waals surface area contributed by atoms with E-state index in [1.807, 2.05) is 0 Å². The SMILES string of the molecule is CCCCCCCCN(CCCCCCCC)Cc1cc(CN(CCCCCCCC)CCCCCCCC)c(O)cc1O. The molecule has 2 N–H and O–H groups in total. The van der Waals surface area contributed by atoms with Gasteiger partial charge in [0.05, 0.1) is 0 Å². The molecule has 0 bridgehead atoms. The van der Waals surface area contributed by atoms with Crippen molar-refractivity contribution in [1.29, 1.82) is 0 Å². The van der Waals surface area contributed by atoms with Gasteiger partial charge in [0.1, 0.15) is 11.5 Å². The van der Waals surface area contributed by atoms with Crippen molar-refractivity contribution in [3.8, 4) is 11.5 Å². The van der Waals surface area contributed by atoms with Crippen LogP contribution in [0.1, 0.15) is 193 Å². The first-order chi connectivity index (χ1) is 21.5. The van der Waals surface area contributed by atoms with E-state index in [0.717, 1.165) is 50.4 Å². The maximum atomic E-state index is 10.9. The molecule has 258 valence electrons. The van der Waals surface area contributed by atoms with Crippen LogP contribution < -0.4 is 0 Å². The average molecular weight is 617 g/mol. The second-order valence-corrected chi connectivity index (χ2v) is 13.7. The van der Waals surface area contributed by atoms with Crippen molar-refractivity contribution in [3.63, 3.8) is 0 Å². The van der Waals surface area contributed by atoms with Gasteiger partial charge in [-0.1, -0.05) is 156 Å². The van der Waals surface area contributed by atoms with E-state index in [1.54, 1.807) is 6.07 Å². The van der Waals surface area contributed by atoms with E-state index >= 15 is 0 Å². The molecule has 0 saturated carbocycles. The van der Waals surface area contributed by atoms with Gasteiger partial charge in [-0.05, 0) is 57.9 Å². The third kappa shape index (κ3) is 21.5. The lowest BCUT2D eigenvalue weighted by Gasteiger charge is -2.25. The molecule has 1 rings (SSSR count). The summed E-state index contributed by atoms with van der Waals surface area (Å²) in [5.41, 5.74) is 1.96. The summed E-state index contributed by atoms with van der Waals surface area (Å²) >= 11 is 0. The fourth-order valence-corrected chi connectivity index (χ4v) is 6.41. The van der Waals surface area contributed by atoms with Gasteiger partial charge in [-0.2, -0.15) is 0 Å². The minimum absolute atomic E-state index is 0.250. The highest BCUT2D eigenvalue weighted by molar-refractivity contribution is 5.45. The van der Waals surface area contributed by atoms with E-state index in [-0.39, 0.29) is 11.5 Å². The summed E-state index contributed by atoms with van der Waals surface area (Å²) in [7, 11) is 0. The lowest BCUT2D eigenvalue weighted by Crippen LogP contribution is -2.27. The summed E-state index contributed by atoms with van der Waals surface area (Å²) in [6.45, 7) is 15.1. The molecule has 0 aliphatic heterocycles. The van der Waals surface area contributed by atoms with Crippen molar-refractivity contribution in [2.45, 2.75) is 195 Å². The van der Waals surface area contributed by atoms with Crippen LogP contribution in [-0.4, -0.2) is 46.2 Å². The Kier molecular flexibility index (Phi) is 27.0. The maximum Gasteiger partial charge on any atom is 0.123 e. The molecule has 4 nitrogen and oxygen atoms in total. The van der Waals surface area contributed by atoms with E-state index in [2.05, 4.69) is 43.6 Å². The van der Waals surface area contributed by atoms with Crippen LogP contribution in [0.15, 0.2) is 12.1 Å². The van der Waals surface area contributed by atoms with Gasteiger partial charge >= 0.3 is 0 Å². The first kappa shape index (κ1) is 40.8. The number of benzene rings is 1. The fraction of sp³-hybridized carbons (Fsp3) is 0.850. The maximum absolute atomic E-state index is 10.9. The summed E-state index contributed by atoms with van der Waals surface area (Å²) in [6.07, 6.45) is 31.4. The Balaban J connectivity index is 2.86. The largest absolute Gasteiger partial charge is 0.507 e. The lowest BCUT2D eigenvalue weighted by molar-refractivity contribution is 0.244. The Labute approximate surface area is 275 Å². The minimum Gasteiger partial charge on any atom is -0.507 e. The summed E-state index contributed by atoms with van der Waals surface area (Å²) in [5.74, 6) is 0.501. The second kappa shape index (κ2) is 29.2. The van der Waals surface area contributed by atoms with Crippen molar-refractivity contribution in [2.24, 2.45) is 0 Å². The summed E-state index contributed by atoms with van der Waals surface area (Å²) in [6, 6.07) is 3.74. The van der Waals surface area contributed by atoms with E-state index in [4.69, 9.17) is 0 Å². The molecule has 1 aromatic rings. The van der Waals surface area contributed by atoms with Crippen molar-refractivity contribution in [1.82, 2.24) is 9.80 Å². The van der Waals surface area contributed by atoms with E-state index in [9.17, 15) is 10.2 Å². The molecule has 0 atom stereocenters. The normalized spacial score (nSPS) is 11.8. The lowest BCUT2D eigenvalue weighted by atomic mass is 10.0. The molecule has 0 radical (unpaired) electrons. The smallest absolute Gasteiger partial charge is 0.123 e. The molecular formula is C40H76N2O2. The zero-order valence-electron chi connectivity index (χ0n) is 30.2. The van der Waals surface area contributed by atoms with Gasteiger partial charge in [0.25, 0.3) is 0 Å². The van der Waals surface area contributed by atoms with Crippen LogP contribution in [0.4, 0.5) is 0 Å². The summed E-state index contributed by atoms with van der Waals surface area (Å²) < 4.78 is 0. The van der Waals surface area contributed by atoms with Crippen molar-refractivity contribution >= 4 is 0 Å². The van der Waals surface area contributed by atoms with E-state index in [0.29, 0.717) is 0 Å². The Hall–Kier alpha value is -1.26. The third-order valence-corrected chi connectivity index (χ3v) is 9.38. The Morgan fingerprint density at radius 1 is 0.364 bits per heavy atom. The van der Waals surface area contributed by atoms with Crippen molar-refractivity contribution in [2.75, 3.05) is 26.2 Å². The van der Waals surface area contributed by atoms with Gasteiger partial charge in [0.2, 0.25) is 0 Å². The Bertz CT molecular complexity index is 677. The van der Waals surface area contributed by atoms with Crippen LogP contribution in [-0.2, 0) is 13.1 Å². The number of phenols is 2. The first-order valence-electron chi connectivity index (χ1n) is 19.5. The highest BCUT2D eigenvalue weighted by atomic mass is 16.3. The second-order valence-electron chi connectivity index (χ2n) is 13.7. The monoisotopic (exact) mass is 617 g/mol. The van der Waals surface area contributed by atoms with Gasteiger partial charge in [-0.3, -0.25) is 9.80 Å². The molecule has 0 aliphatic rings. The molecule has 0 aliphatic carbocycles. The molecule has 0 spiro atoms. The fourth-order valence-electron chi connectivity index (χ4n) is 6.41. The highest BCUT2D eigenvalue weighted by Crippen LogP contribution is 2.30. The summed E-state index contributed by atoms with van der Waals surface area (Å²) in [4.78, 5) is 5.14. The molecule has 0 aromatic heterocycles. The minimum atomic E-state index is 0.250. The molecule has 0 heterocycles.